The lowest BCUT2D eigenvalue weighted by molar-refractivity contribution is 0.367. The van der Waals surface area contributed by atoms with Gasteiger partial charge in [-0.05, 0) is 249 Å². The molecule has 6 unspecified atom stereocenters. The van der Waals surface area contributed by atoms with E-state index in [0.29, 0.717) is 69.9 Å². The lowest BCUT2D eigenvalue weighted by Crippen LogP contribution is -2.65. The number of rotatable bonds is 7. The molecule has 0 amide bonds. The van der Waals surface area contributed by atoms with Crippen LogP contribution in [-0.2, 0) is 0 Å². The summed E-state index contributed by atoms with van der Waals surface area (Å²) in [6.45, 7) is -1.30. The molecule has 109 heavy (non-hydrogen) atoms. The van der Waals surface area contributed by atoms with Crippen molar-refractivity contribution in [2.75, 3.05) is 19.6 Å². The first-order valence-electron chi connectivity index (χ1n) is 41.3. The first-order chi connectivity index (χ1) is 53.7. The molecule has 13 heteroatoms. The van der Waals surface area contributed by atoms with Gasteiger partial charge in [-0.1, -0.05) is 193 Å². The third-order valence-electron chi connectivity index (χ3n) is 29.0. The third-order valence-corrected chi connectivity index (χ3v) is 29.0. The van der Waals surface area contributed by atoms with E-state index in [1.807, 2.05) is 9.80 Å². The molecule has 11 aromatic rings. The van der Waals surface area contributed by atoms with Crippen molar-refractivity contribution in [2.24, 2.45) is 35.5 Å². The highest BCUT2D eigenvalue weighted by Crippen LogP contribution is 2.57. The molecule has 6 saturated carbocycles. The first kappa shape index (κ1) is 65.1. The van der Waals surface area contributed by atoms with Gasteiger partial charge in [0.25, 0.3) is 20.1 Å². The van der Waals surface area contributed by atoms with Crippen LogP contribution in [0.3, 0.4) is 0 Å². The van der Waals surface area contributed by atoms with Gasteiger partial charge in [0.1, 0.15) is 57.6 Å². The van der Waals surface area contributed by atoms with Gasteiger partial charge in [0.2, 0.25) is 0 Å². The molecule has 0 bridgehead atoms. The summed E-state index contributed by atoms with van der Waals surface area (Å²) >= 11 is 0. The fourth-order valence-corrected chi connectivity index (χ4v) is 24.3. The molecule has 6 aliphatic heterocycles. The number of benzene rings is 11. The van der Waals surface area contributed by atoms with E-state index in [1.54, 1.807) is 0 Å². The highest BCUT2D eigenvalue weighted by atomic mass is 19.1. The molecule has 23 rings (SSSR count). The molecule has 538 valence electrons. The summed E-state index contributed by atoms with van der Waals surface area (Å²) in [5, 5.41) is 0. The number of halogens is 4. The van der Waals surface area contributed by atoms with Crippen LogP contribution < -0.4 is 78.2 Å². The van der Waals surface area contributed by atoms with Crippen molar-refractivity contribution in [3.8, 4) is 23.0 Å². The van der Waals surface area contributed by atoms with Gasteiger partial charge in [0.05, 0.1) is 0 Å². The van der Waals surface area contributed by atoms with E-state index in [9.17, 15) is 0 Å². The van der Waals surface area contributed by atoms with Gasteiger partial charge in [-0.15, -0.1) is 0 Å². The highest BCUT2D eigenvalue weighted by Gasteiger charge is 2.53. The third kappa shape index (κ3) is 10.1. The minimum atomic E-state index is -0.648. The Morgan fingerprint density at radius 2 is 0.578 bits per heavy atom. The van der Waals surface area contributed by atoms with E-state index in [2.05, 4.69) is 180 Å². The Balaban J connectivity index is 0.777. The molecule has 0 saturated heterocycles. The second-order valence-electron chi connectivity index (χ2n) is 34.5. The number of para-hydroxylation sites is 6. The van der Waals surface area contributed by atoms with Crippen molar-refractivity contribution in [3.63, 3.8) is 0 Å². The van der Waals surface area contributed by atoms with Crippen LogP contribution in [0.1, 0.15) is 169 Å². The minimum Gasteiger partial charge on any atom is -0.458 e. The summed E-state index contributed by atoms with van der Waals surface area (Å²) in [7, 11) is 0. The van der Waals surface area contributed by atoms with Gasteiger partial charge in [0, 0.05) is 74.5 Å². The molecular weight excluding hydrogens is 1350 g/mol. The quantitative estimate of drug-likeness (QED) is 0.117. The Morgan fingerprint density at radius 1 is 0.257 bits per heavy atom. The Morgan fingerprint density at radius 3 is 0.945 bits per heavy atom. The molecule has 12 aliphatic rings. The van der Waals surface area contributed by atoms with Crippen LogP contribution in [0.4, 0.5) is 85.8 Å². The van der Waals surface area contributed by atoms with E-state index in [0.717, 1.165) is 133 Å². The Kier molecular flexibility index (Phi) is 15.1. The van der Waals surface area contributed by atoms with Crippen molar-refractivity contribution in [1.82, 2.24) is 0 Å². The summed E-state index contributed by atoms with van der Waals surface area (Å²) in [4.78, 5) is 8.68. The fourth-order valence-electron chi connectivity index (χ4n) is 24.3. The van der Waals surface area contributed by atoms with E-state index in [4.69, 9.17) is 9.47 Å². The maximum atomic E-state index is 17.8. The van der Waals surface area contributed by atoms with Crippen LogP contribution in [-0.4, -0.2) is 20.1 Å². The summed E-state index contributed by atoms with van der Waals surface area (Å²) in [6.07, 6.45) is 25.5. The summed E-state index contributed by atoms with van der Waals surface area (Å²) in [5.41, 5.74) is 21.1. The Hall–Kier alpha value is -9.87. The van der Waals surface area contributed by atoms with Gasteiger partial charge < -0.3 is 29.1 Å². The van der Waals surface area contributed by atoms with Gasteiger partial charge in [0.15, 0.2) is 0 Å². The highest BCUT2D eigenvalue weighted by molar-refractivity contribution is 7.03. The van der Waals surface area contributed by atoms with Gasteiger partial charge in [-0.25, -0.2) is 17.6 Å². The van der Waals surface area contributed by atoms with Crippen LogP contribution in [0, 0.1) is 58.8 Å². The molecule has 6 heterocycles. The van der Waals surface area contributed by atoms with Crippen molar-refractivity contribution < 1.29 is 27.0 Å². The first-order valence-corrected chi connectivity index (χ1v) is 41.3. The normalized spacial score (nSPS) is 24.0. The molecule has 0 aromatic heterocycles. The molecule has 6 fully saturated rings. The molecule has 6 aliphatic carbocycles. The summed E-state index contributed by atoms with van der Waals surface area (Å²) < 4.78 is 86.7. The number of hydrogen-bond acceptors (Lipinski definition) is 6. The lowest BCUT2D eigenvalue weighted by atomic mass is 9.29. The van der Waals surface area contributed by atoms with Crippen molar-refractivity contribution in [2.45, 2.75) is 153 Å². The molecule has 6 atom stereocenters. The van der Waals surface area contributed by atoms with Gasteiger partial charge >= 0.3 is 0 Å². The smallest absolute Gasteiger partial charge is 0.260 e. The molecule has 11 aromatic carbocycles. The number of fused-ring (bicyclic) bond motifs is 15. The monoisotopic (exact) mass is 1430 g/mol. The Bertz CT molecular complexity index is 5180. The number of hydrogen-bond donors (Lipinski definition) is 0. The van der Waals surface area contributed by atoms with Gasteiger partial charge in [-0.3, -0.25) is 0 Å². The predicted molar refractivity (Wildman–Crippen MR) is 438 cm³/mol. The van der Waals surface area contributed by atoms with Gasteiger partial charge in [-0.2, -0.15) is 0 Å². The fraction of sp³-hybridized carbons (Fsp3) is 0.312. The average molecular weight is 1440 g/mol. The van der Waals surface area contributed by atoms with E-state index in [1.165, 1.54) is 149 Å². The number of anilines is 12. The summed E-state index contributed by atoms with van der Waals surface area (Å²) in [5.74, 6) is 4.72. The number of ether oxygens (including phenoxy) is 2. The average Bonchev–Trinajstić information content (AvgIpc) is 0.768. The van der Waals surface area contributed by atoms with Crippen molar-refractivity contribution in [3.05, 3.63) is 246 Å². The molecule has 0 radical (unpaired) electrons. The zero-order chi connectivity index (χ0) is 72.0. The Labute approximate surface area is 637 Å². The maximum Gasteiger partial charge on any atom is 0.260 e. The maximum absolute atomic E-state index is 17.8. The summed E-state index contributed by atoms with van der Waals surface area (Å²) in [6, 6.07) is 70.5. The van der Waals surface area contributed by atoms with Crippen LogP contribution in [0.25, 0.3) is 0 Å². The molecule has 6 nitrogen and oxygen atoms in total. The van der Waals surface area contributed by atoms with E-state index >= 15 is 17.6 Å². The van der Waals surface area contributed by atoms with Crippen LogP contribution in [0.5, 0.6) is 23.0 Å². The van der Waals surface area contributed by atoms with Crippen molar-refractivity contribution >= 4 is 138 Å². The minimum absolute atomic E-state index is 0.122. The molecule has 0 spiro atoms. The van der Waals surface area contributed by atoms with Crippen molar-refractivity contribution in [1.29, 1.82) is 0 Å². The van der Waals surface area contributed by atoms with E-state index in [-0.39, 0.29) is 29.1 Å². The second kappa shape index (κ2) is 25.3. The van der Waals surface area contributed by atoms with Crippen LogP contribution >= 0.6 is 0 Å². The number of nitrogens with zero attached hydrogens (tertiary/aromatic N) is 4. The standard InChI is InChI=1S/C96H85B3F4N4O2/c100-76-34-20-35-77(101)95(76)106-82-54-88-74(52-72(82)97-70-32-16-18-38-80(70)104(68-28-12-4-13-29-68)84-46-65(48-86(106)92(84)97)62-40-56-22-6-1-7-23-57(56)41-62)99-75-53-73-83(55-89(75)109-91-51-67(50-90(108-88)94(91)99)64-44-60-26-10-3-11-27-61(60)45-64)107(96-78(102)36-21-37-79(96)103)87-49-66(63-42-58-24-8-2-9-25-59(58)43-63)47-85-93(87)98(73)71-33-17-19-39-81(71)105(85)69-30-14-5-15-31-69/h4-5,12-21,28-39,46-64H,1-3,6-11,22-27,40-45H2. The van der Waals surface area contributed by atoms with Crippen LogP contribution in [0.2, 0.25) is 0 Å². The van der Waals surface area contributed by atoms with E-state index < -0.39 is 43.4 Å². The predicted octanol–water partition coefficient (Wildman–Crippen LogP) is 20.4. The molecular formula is C96H85B3F4N4O2. The zero-order valence-corrected chi connectivity index (χ0v) is 61.5. The lowest BCUT2D eigenvalue weighted by Gasteiger charge is -2.46. The molecule has 0 N–H and O–H groups in total. The largest absolute Gasteiger partial charge is 0.458 e. The van der Waals surface area contributed by atoms with Crippen LogP contribution in [0.15, 0.2) is 206 Å². The zero-order valence-electron chi connectivity index (χ0n) is 61.5. The topological polar surface area (TPSA) is 31.4 Å². The second-order valence-corrected chi connectivity index (χ2v) is 34.5. The SMILES string of the molecule is Fc1cccc(F)c1N1c2cc3c(cc2B2c4ccccc4N(c4ccccc4)c4cc(C5CC6CCCCCC6C5)cc1c42)B1c2cc4c(cc2Oc2cc(C5CC6CCCCCC6C5)cc(c21)O3)N(c1c(F)cccc1F)c1cc(C2CC3CCCCCC3C2)cc2c1B4c1ccccc1N2c1ccccc1.